The molecule has 0 N–H and O–H groups in total. The summed E-state index contributed by atoms with van der Waals surface area (Å²) in [7, 11) is 0. The number of piperazine rings is 1. The van der Waals surface area contributed by atoms with Gasteiger partial charge in [0.15, 0.2) is 0 Å². The van der Waals surface area contributed by atoms with E-state index in [2.05, 4.69) is 4.98 Å². The Kier molecular flexibility index (Phi) is 5.08. The number of rotatable bonds is 3. The Morgan fingerprint density at radius 1 is 1.16 bits per heavy atom. The van der Waals surface area contributed by atoms with E-state index >= 15 is 0 Å². The lowest BCUT2D eigenvalue weighted by molar-refractivity contribution is -0.137. The summed E-state index contributed by atoms with van der Waals surface area (Å²) in [6.45, 7) is 2.10. The van der Waals surface area contributed by atoms with E-state index in [0.717, 1.165) is 17.1 Å². The standard InChI is InChI=1S/C17H16F3N3OS/c18-17(19,20)13-3-5-15(21-12-13)22-7-9-23(10-8-22)16(24)6-4-14-2-1-11-25-14/h1-6,11-12H,7-10H2. The largest absolute Gasteiger partial charge is 0.417 e. The Labute approximate surface area is 147 Å². The lowest BCUT2D eigenvalue weighted by Gasteiger charge is -2.35. The Hall–Kier alpha value is -2.35. The topological polar surface area (TPSA) is 36.4 Å². The molecule has 3 rings (SSSR count). The van der Waals surface area contributed by atoms with E-state index in [1.54, 1.807) is 28.4 Å². The summed E-state index contributed by atoms with van der Waals surface area (Å²) >= 11 is 1.56. The number of carbonyl (C=O) groups is 1. The van der Waals surface area contributed by atoms with Crippen molar-refractivity contribution >= 4 is 29.1 Å². The van der Waals surface area contributed by atoms with Gasteiger partial charge in [0.2, 0.25) is 5.91 Å². The van der Waals surface area contributed by atoms with Crippen molar-refractivity contribution in [2.75, 3.05) is 31.1 Å². The summed E-state index contributed by atoms with van der Waals surface area (Å²) in [5.74, 6) is 0.433. The number of anilines is 1. The molecule has 3 heterocycles. The Morgan fingerprint density at radius 3 is 2.48 bits per heavy atom. The minimum Gasteiger partial charge on any atom is -0.353 e. The Balaban J connectivity index is 1.55. The summed E-state index contributed by atoms with van der Waals surface area (Å²) in [5.41, 5.74) is -0.760. The zero-order valence-electron chi connectivity index (χ0n) is 13.2. The van der Waals surface area contributed by atoms with Crippen LogP contribution in [0.5, 0.6) is 0 Å². The van der Waals surface area contributed by atoms with Crippen LogP contribution in [0.15, 0.2) is 41.9 Å². The molecule has 1 saturated heterocycles. The molecule has 0 bridgehead atoms. The number of halogens is 3. The van der Waals surface area contributed by atoms with Crippen molar-refractivity contribution in [1.29, 1.82) is 0 Å². The average Bonchev–Trinajstić information content (AvgIpc) is 3.13. The third-order valence-electron chi connectivity index (χ3n) is 3.92. The highest BCUT2D eigenvalue weighted by molar-refractivity contribution is 7.10. The first-order valence-electron chi connectivity index (χ1n) is 7.72. The van der Waals surface area contributed by atoms with E-state index in [-0.39, 0.29) is 5.91 Å². The number of pyridine rings is 1. The Bertz CT molecular complexity index is 733. The number of aromatic nitrogens is 1. The second-order valence-corrected chi connectivity index (χ2v) is 6.54. The number of carbonyl (C=O) groups excluding carboxylic acids is 1. The molecule has 0 aliphatic carbocycles. The molecule has 0 radical (unpaired) electrons. The number of alkyl halides is 3. The predicted octanol–water partition coefficient (Wildman–Crippen LogP) is 3.52. The maximum absolute atomic E-state index is 12.6. The third-order valence-corrected chi connectivity index (χ3v) is 4.76. The summed E-state index contributed by atoms with van der Waals surface area (Å²) in [6, 6.07) is 6.26. The number of hydrogen-bond donors (Lipinski definition) is 0. The van der Waals surface area contributed by atoms with Gasteiger partial charge in [-0.2, -0.15) is 13.2 Å². The van der Waals surface area contributed by atoms with Crippen LogP contribution in [0.4, 0.5) is 19.0 Å². The first-order valence-corrected chi connectivity index (χ1v) is 8.60. The first-order chi connectivity index (χ1) is 11.9. The zero-order valence-corrected chi connectivity index (χ0v) is 14.1. The van der Waals surface area contributed by atoms with Crippen LogP contribution in [0.1, 0.15) is 10.4 Å². The molecule has 1 aliphatic rings. The van der Waals surface area contributed by atoms with Crippen molar-refractivity contribution in [3.63, 3.8) is 0 Å². The van der Waals surface area contributed by atoms with E-state index in [4.69, 9.17) is 0 Å². The van der Waals surface area contributed by atoms with Crippen molar-refractivity contribution in [1.82, 2.24) is 9.88 Å². The highest BCUT2D eigenvalue weighted by Crippen LogP contribution is 2.29. The normalized spacial score (nSPS) is 15.8. The fraction of sp³-hybridized carbons (Fsp3) is 0.294. The van der Waals surface area contributed by atoms with Crippen LogP contribution >= 0.6 is 11.3 Å². The van der Waals surface area contributed by atoms with Crippen molar-refractivity contribution in [2.45, 2.75) is 6.18 Å². The van der Waals surface area contributed by atoms with Gasteiger partial charge in [-0.25, -0.2) is 4.98 Å². The van der Waals surface area contributed by atoms with Crippen molar-refractivity contribution < 1.29 is 18.0 Å². The minimum absolute atomic E-state index is 0.0616. The summed E-state index contributed by atoms with van der Waals surface area (Å²) in [4.78, 5) is 20.7. The SMILES string of the molecule is O=C(C=Cc1cccs1)N1CCN(c2ccc(C(F)(F)F)cn2)CC1. The molecule has 1 amide bonds. The van der Waals surface area contributed by atoms with Crippen LogP contribution in [0.25, 0.3) is 6.08 Å². The van der Waals surface area contributed by atoms with Gasteiger partial charge in [-0.15, -0.1) is 11.3 Å². The Morgan fingerprint density at radius 2 is 1.92 bits per heavy atom. The molecule has 0 saturated carbocycles. The fourth-order valence-electron chi connectivity index (χ4n) is 2.54. The monoisotopic (exact) mass is 367 g/mol. The van der Waals surface area contributed by atoms with E-state index in [1.807, 2.05) is 22.4 Å². The molecule has 2 aromatic rings. The number of hydrogen-bond acceptors (Lipinski definition) is 4. The fourth-order valence-corrected chi connectivity index (χ4v) is 3.16. The number of nitrogens with zero attached hydrogens (tertiary/aromatic N) is 3. The third kappa shape index (κ3) is 4.39. The molecular formula is C17H16F3N3OS. The van der Waals surface area contributed by atoms with Crippen molar-refractivity contribution in [3.8, 4) is 0 Å². The molecule has 0 unspecified atom stereocenters. The first kappa shape index (κ1) is 17.5. The molecule has 8 heteroatoms. The van der Waals surface area contributed by atoms with E-state index in [9.17, 15) is 18.0 Å². The average molecular weight is 367 g/mol. The molecule has 0 aromatic carbocycles. The zero-order chi connectivity index (χ0) is 17.9. The second-order valence-electron chi connectivity index (χ2n) is 5.56. The summed E-state index contributed by atoms with van der Waals surface area (Å²) in [6.07, 6.45) is -0.198. The van der Waals surface area contributed by atoms with E-state index in [1.165, 1.54) is 6.07 Å². The van der Waals surface area contributed by atoms with Crippen LogP contribution in [0, 0.1) is 0 Å². The lowest BCUT2D eigenvalue weighted by Crippen LogP contribution is -2.48. The number of amides is 1. The van der Waals surface area contributed by atoms with E-state index < -0.39 is 11.7 Å². The van der Waals surface area contributed by atoms with Gasteiger partial charge in [0, 0.05) is 43.3 Å². The van der Waals surface area contributed by atoms with Gasteiger partial charge in [0.05, 0.1) is 5.56 Å². The lowest BCUT2D eigenvalue weighted by atomic mass is 10.2. The van der Waals surface area contributed by atoms with Gasteiger partial charge in [-0.3, -0.25) is 4.79 Å². The van der Waals surface area contributed by atoms with Crippen molar-refractivity contribution in [2.24, 2.45) is 0 Å². The molecule has 1 fully saturated rings. The van der Waals surface area contributed by atoms with Crippen LogP contribution in [0.3, 0.4) is 0 Å². The van der Waals surface area contributed by atoms with Gasteiger partial charge < -0.3 is 9.80 Å². The highest BCUT2D eigenvalue weighted by atomic mass is 32.1. The maximum atomic E-state index is 12.6. The maximum Gasteiger partial charge on any atom is 0.417 e. The highest BCUT2D eigenvalue weighted by Gasteiger charge is 2.31. The van der Waals surface area contributed by atoms with E-state index in [0.29, 0.717) is 32.0 Å². The summed E-state index contributed by atoms with van der Waals surface area (Å²) in [5, 5.41) is 1.94. The molecular weight excluding hydrogens is 351 g/mol. The van der Waals surface area contributed by atoms with Crippen LogP contribution < -0.4 is 4.90 Å². The molecule has 1 aliphatic heterocycles. The quantitative estimate of drug-likeness (QED) is 0.779. The second kappa shape index (κ2) is 7.26. The van der Waals surface area contributed by atoms with Gasteiger partial charge in [0.1, 0.15) is 5.82 Å². The van der Waals surface area contributed by atoms with Crippen LogP contribution in [-0.2, 0) is 11.0 Å². The van der Waals surface area contributed by atoms with Crippen LogP contribution in [0.2, 0.25) is 0 Å². The summed E-state index contributed by atoms with van der Waals surface area (Å²) < 4.78 is 37.7. The predicted molar refractivity (Wildman–Crippen MR) is 91.4 cm³/mol. The molecule has 0 atom stereocenters. The molecule has 25 heavy (non-hydrogen) atoms. The van der Waals surface area contributed by atoms with Gasteiger partial charge in [-0.1, -0.05) is 6.07 Å². The molecule has 4 nitrogen and oxygen atoms in total. The smallest absolute Gasteiger partial charge is 0.353 e. The number of thiophene rings is 1. The van der Waals surface area contributed by atoms with Gasteiger partial charge >= 0.3 is 6.18 Å². The van der Waals surface area contributed by atoms with Gasteiger partial charge in [-0.05, 0) is 29.7 Å². The van der Waals surface area contributed by atoms with Crippen molar-refractivity contribution in [3.05, 3.63) is 52.4 Å². The minimum atomic E-state index is -4.38. The van der Waals surface area contributed by atoms with Crippen LogP contribution in [-0.4, -0.2) is 42.0 Å². The van der Waals surface area contributed by atoms with Gasteiger partial charge in [0.25, 0.3) is 0 Å². The molecule has 2 aromatic heterocycles. The molecule has 132 valence electrons. The molecule has 0 spiro atoms.